The van der Waals surface area contributed by atoms with Gasteiger partial charge in [-0.3, -0.25) is 4.79 Å². The Kier molecular flexibility index (Phi) is 5.92. The minimum Gasteiger partial charge on any atom is -0.465 e. The highest BCUT2D eigenvalue weighted by atomic mass is 32.1. The van der Waals surface area contributed by atoms with Crippen LogP contribution in [-0.2, 0) is 19.1 Å². The number of hydrogen-bond donors (Lipinski definition) is 1. The van der Waals surface area contributed by atoms with Gasteiger partial charge in [0.15, 0.2) is 5.78 Å². The van der Waals surface area contributed by atoms with Gasteiger partial charge >= 0.3 is 5.97 Å². The van der Waals surface area contributed by atoms with E-state index in [9.17, 15) is 9.59 Å². The second-order valence-corrected chi connectivity index (χ2v) is 8.59. The number of carbonyl (C=O) groups excluding carboxylic acids is 2. The number of dihydropyridines is 1. The van der Waals surface area contributed by atoms with Gasteiger partial charge in [0.2, 0.25) is 0 Å². The molecule has 1 aliphatic carbocycles. The van der Waals surface area contributed by atoms with Crippen LogP contribution in [0.2, 0.25) is 0 Å². The maximum atomic E-state index is 13.3. The summed E-state index contributed by atoms with van der Waals surface area (Å²) in [5.41, 5.74) is 2.59. The Morgan fingerprint density at radius 2 is 2.07 bits per heavy atom. The predicted molar refractivity (Wildman–Crippen MR) is 113 cm³/mol. The lowest BCUT2D eigenvalue weighted by Crippen LogP contribution is -2.36. The molecule has 4 rings (SSSR count). The van der Waals surface area contributed by atoms with Crippen LogP contribution in [0, 0.1) is 6.92 Å². The first-order valence-corrected chi connectivity index (χ1v) is 10.9. The molecule has 1 aliphatic heterocycles. The molecule has 0 spiro atoms. The minimum absolute atomic E-state index is 0.0379. The number of ether oxygens (including phenoxy) is 2. The van der Waals surface area contributed by atoms with Crippen molar-refractivity contribution < 1.29 is 23.5 Å². The van der Waals surface area contributed by atoms with Crippen LogP contribution >= 0.6 is 11.3 Å². The molecular formula is C23H25NO5S. The fourth-order valence-electron chi connectivity index (χ4n) is 4.22. The number of furan rings is 1. The molecule has 7 heteroatoms. The highest BCUT2D eigenvalue weighted by Crippen LogP contribution is 2.46. The quantitative estimate of drug-likeness (QED) is 0.550. The molecular weight excluding hydrogens is 402 g/mol. The SMILES string of the molecule is COCCOC(=O)C1=C(C)NC2=C(C(=O)C[C@@H](c3cccs3)C2)[C@@H]1c1ccc(C)o1. The van der Waals surface area contributed by atoms with Crippen molar-refractivity contribution in [2.75, 3.05) is 20.3 Å². The van der Waals surface area contributed by atoms with Crippen molar-refractivity contribution in [1.29, 1.82) is 0 Å². The van der Waals surface area contributed by atoms with Gasteiger partial charge in [0.1, 0.15) is 18.1 Å². The fraction of sp³-hybridized carbons (Fsp3) is 0.391. The van der Waals surface area contributed by atoms with E-state index in [1.807, 2.05) is 37.4 Å². The number of ketones is 1. The maximum absolute atomic E-state index is 13.3. The number of rotatable bonds is 6. The first-order valence-electron chi connectivity index (χ1n) is 9.99. The third-order valence-corrected chi connectivity index (χ3v) is 6.59. The summed E-state index contributed by atoms with van der Waals surface area (Å²) in [5, 5.41) is 5.37. The summed E-state index contributed by atoms with van der Waals surface area (Å²) >= 11 is 1.67. The summed E-state index contributed by atoms with van der Waals surface area (Å²) in [7, 11) is 1.55. The highest BCUT2D eigenvalue weighted by molar-refractivity contribution is 7.10. The summed E-state index contributed by atoms with van der Waals surface area (Å²) in [5.74, 6) is 0.469. The van der Waals surface area contributed by atoms with Gasteiger partial charge in [-0.15, -0.1) is 11.3 Å². The van der Waals surface area contributed by atoms with Gasteiger partial charge in [0, 0.05) is 41.3 Å². The molecule has 0 radical (unpaired) electrons. The first-order chi connectivity index (χ1) is 14.5. The number of thiophene rings is 1. The van der Waals surface area contributed by atoms with Gasteiger partial charge in [-0.1, -0.05) is 6.07 Å². The van der Waals surface area contributed by atoms with Crippen molar-refractivity contribution >= 4 is 23.1 Å². The van der Waals surface area contributed by atoms with Crippen LogP contribution in [-0.4, -0.2) is 32.1 Å². The van der Waals surface area contributed by atoms with Crippen LogP contribution in [0.1, 0.15) is 48.0 Å². The standard InChI is InChI=1S/C23H25NO5S/c1-13-6-7-18(29-13)22-20(23(26)28-9-8-27-3)14(2)24-16-11-15(12-17(25)21(16)22)19-5-4-10-30-19/h4-7,10,15,22,24H,8-9,11-12H2,1-3H3/t15-,22+/m0/s1. The molecule has 0 bridgehead atoms. The molecule has 0 amide bonds. The van der Waals surface area contributed by atoms with Crippen molar-refractivity contribution in [1.82, 2.24) is 5.32 Å². The number of aryl methyl sites for hydroxylation is 1. The monoisotopic (exact) mass is 427 g/mol. The third kappa shape index (κ3) is 3.87. The van der Waals surface area contributed by atoms with Gasteiger partial charge in [-0.25, -0.2) is 4.79 Å². The molecule has 0 unspecified atom stereocenters. The molecule has 0 saturated heterocycles. The maximum Gasteiger partial charge on any atom is 0.336 e. The molecule has 0 aromatic carbocycles. The van der Waals surface area contributed by atoms with Crippen LogP contribution in [0.25, 0.3) is 0 Å². The molecule has 2 aromatic heterocycles. The van der Waals surface area contributed by atoms with Crippen LogP contribution in [0.5, 0.6) is 0 Å². The molecule has 3 heterocycles. The Hall–Kier alpha value is -2.64. The van der Waals surface area contributed by atoms with E-state index in [2.05, 4.69) is 11.4 Å². The van der Waals surface area contributed by atoms with E-state index < -0.39 is 11.9 Å². The lowest BCUT2D eigenvalue weighted by Gasteiger charge is -2.35. The van der Waals surface area contributed by atoms with Gasteiger partial charge < -0.3 is 19.2 Å². The third-order valence-electron chi connectivity index (χ3n) is 5.56. The number of hydrogen-bond acceptors (Lipinski definition) is 7. The number of Topliss-reactive ketones (excluding diaryl/α,β-unsaturated/α-hetero) is 1. The Morgan fingerprint density at radius 1 is 1.23 bits per heavy atom. The van der Waals surface area contributed by atoms with Crippen LogP contribution in [0.4, 0.5) is 0 Å². The van der Waals surface area contributed by atoms with Crippen LogP contribution in [0.15, 0.2) is 56.6 Å². The normalized spacial score (nSPS) is 21.5. The summed E-state index contributed by atoms with van der Waals surface area (Å²) < 4.78 is 16.3. The van der Waals surface area contributed by atoms with E-state index >= 15 is 0 Å². The summed E-state index contributed by atoms with van der Waals surface area (Å²) in [6.45, 7) is 4.16. The topological polar surface area (TPSA) is 77.8 Å². The number of esters is 1. The number of allylic oxidation sites excluding steroid dienone is 3. The first kappa shape index (κ1) is 20.6. The van der Waals surface area contributed by atoms with Crippen molar-refractivity contribution in [2.45, 2.75) is 38.5 Å². The molecule has 30 heavy (non-hydrogen) atoms. The molecule has 6 nitrogen and oxygen atoms in total. The van der Waals surface area contributed by atoms with Gasteiger partial charge in [0.25, 0.3) is 0 Å². The molecule has 0 saturated carbocycles. The lowest BCUT2D eigenvalue weighted by atomic mass is 9.74. The lowest BCUT2D eigenvalue weighted by molar-refractivity contribution is -0.140. The van der Waals surface area contributed by atoms with Crippen LogP contribution in [0.3, 0.4) is 0 Å². The zero-order valence-corrected chi connectivity index (χ0v) is 18.1. The Morgan fingerprint density at radius 3 is 2.73 bits per heavy atom. The Labute approximate surface area is 179 Å². The molecule has 2 aromatic rings. The van der Waals surface area contributed by atoms with Crippen molar-refractivity contribution in [3.8, 4) is 0 Å². The van der Waals surface area contributed by atoms with E-state index in [1.54, 1.807) is 18.4 Å². The predicted octanol–water partition coefficient (Wildman–Crippen LogP) is 4.20. The van der Waals surface area contributed by atoms with E-state index in [0.29, 0.717) is 35.6 Å². The van der Waals surface area contributed by atoms with E-state index in [0.717, 1.165) is 17.9 Å². The van der Waals surface area contributed by atoms with Crippen molar-refractivity contribution in [3.63, 3.8) is 0 Å². The smallest absolute Gasteiger partial charge is 0.336 e. The average molecular weight is 428 g/mol. The second-order valence-electron chi connectivity index (χ2n) is 7.61. The molecule has 2 atom stereocenters. The van der Waals surface area contributed by atoms with E-state index in [4.69, 9.17) is 13.9 Å². The fourth-order valence-corrected chi connectivity index (χ4v) is 5.05. The summed E-state index contributed by atoms with van der Waals surface area (Å²) in [6, 6.07) is 7.77. The highest BCUT2D eigenvalue weighted by Gasteiger charge is 2.42. The largest absolute Gasteiger partial charge is 0.465 e. The molecule has 0 fully saturated rings. The summed E-state index contributed by atoms with van der Waals surface area (Å²) in [6.07, 6.45) is 1.14. The van der Waals surface area contributed by atoms with E-state index in [1.165, 1.54) is 4.88 Å². The van der Waals surface area contributed by atoms with Gasteiger partial charge in [0.05, 0.1) is 18.1 Å². The number of methoxy groups -OCH3 is 1. The molecule has 1 N–H and O–H groups in total. The van der Waals surface area contributed by atoms with Crippen LogP contribution < -0.4 is 5.32 Å². The van der Waals surface area contributed by atoms with E-state index in [-0.39, 0.29) is 18.3 Å². The number of carbonyl (C=O) groups is 2. The Balaban J connectivity index is 1.73. The summed E-state index contributed by atoms with van der Waals surface area (Å²) in [4.78, 5) is 27.5. The molecule has 158 valence electrons. The second kappa shape index (κ2) is 8.62. The zero-order chi connectivity index (χ0) is 21.3. The van der Waals surface area contributed by atoms with Crippen molar-refractivity contribution in [2.24, 2.45) is 0 Å². The zero-order valence-electron chi connectivity index (χ0n) is 17.3. The van der Waals surface area contributed by atoms with Crippen molar-refractivity contribution in [3.05, 3.63) is 68.6 Å². The van der Waals surface area contributed by atoms with Gasteiger partial charge in [-0.05, 0) is 43.8 Å². The molecule has 2 aliphatic rings. The Bertz CT molecular complexity index is 1010. The minimum atomic E-state index is -0.568. The average Bonchev–Trinajstić information content (AvgIpc) is 3.38. The van der Waals surface area contributed by atoms with Gasteiger partial charge in [-0.2, -0.15) is 0 Å². The number of nitrogens with one attached hydrogen (secondary N) is 1.